The number of benzene rings is 1. The molecule has 0 aliphatic rings. The van der Waals surface area contributed by atoms with Gasteiger partial charge < -0.3 is 9.47 Å². The average molecular weight is 395 g/mol. The quantitative estimate of drug-likeness (QED) is 0.440. The monoisotopic (exact) mass is 394 g/mol. The summed E-state index contributed by atoms with van der Waals surface area (Å²) in [6, 6.07) is 7.14. The largest absolute Gasteiger partial charge is 0.493 e. The number of hydrogen-bond acceptors (Lipinski definition) is 5. The van der Waals surface area contributed by atoms with E-state index >= 15 is 0 Å². The molecule has 120 valence electrons. The van der Waals surface area contributed by atoms with Gasteiger partial charge in [-0.15, -0.1) is 11.3 Å². The van der Waals surface area contributed by atoms with E-state index in [-0.39, 0.29) is 5.91 Å². The second-order valence-corrected chi connectivity index (χ2v) is 6.11. The van der Waals surface area contributed by atoms with E-state index in [9.17, 15) is 4.79 Å². The molecule has 1 aromatic carbocycles. The molecule has 0 saturated heterocycles. The number of carbonyl (C=O) groups excluding carboxylic acids is 1. The molecule has 0 spiro atoms. The van der Waals surface area contributed by atoms with Crippen LogP contribution >= 0.6 is 27.3 Å². The lowest BCUT2D eigenvalue weighted by Gasteiger charge is -2.12. The maximum absolute atomic E-state index is 11.8. The minimum Gasteiger partial charge on any atom is -0.493 e. The third kappa shape index (κ3) is 4.67. The highest BCUT2D eigenvalue weighted by molar-refractivity contribution is 9.10. The van der Waals surface area contributed by atoms with Crippen LogP contribution in [0.5, 0.6) is 11.5 Å². The summed E-state index contributed by atoms with van der Waals surface area (Å²) in [5.41, 5.74) is 3.24. The van der Waals surface area contributed by atoms with Gasteiger partial charge in [0.05, 0.1) is 22.7 Å². The lowest BCUT2D eigenvalue weighted by Crippen LogP contribution is -2.16. The van der Waals surface area contributed by atoms with Gasteiger partial charge in [0.1, 0.15) is 6.61 Å². The number of nitrogens with zero attached hydrogens (tertiary/aromatic N) is 1. The van der Waals surface area contributed by atoms with Crippen LogP contribution < -0.4 is 14.9 Å². The molecule has 0 aliphatic carbocycles. The summed E-state index contributed by atoms with van der Waals surface area (Å²) in [4.78, 5) is 12.4. The topological polar surface area (TPSA) is 59.9 Å². The predicted molar refractivity (Wildman–Crippen MR) is 95.8 cm³/mol. The first-order valence-corrected chi connectivity index (χ1v) is 8.31. The standard InChI is InChI=1S/C16H15BrN2O3S/c1-3-6-22-15-12(17)8-11(9-13(15)21-2)10-18-19-16(20)14-5-4-7-23-14/h3-5,7-10H,1,6H2,2H3,(H,19,20)/b18-10-. The number of halogens is 1. The molecule has 23 heavy (non-hydrogen) atoms. The van der Waals surface area contributed by atoms with Crippen LogP contribution in [-0.2, 0) is 0 Å². The van der Waals surface area contributed by atoms with E-state index in [1.165, 1.54) is 17.6 Å². The second kappa shape index (κ2) is 8.50. The molecule has 1 amide bonds. The number of nitrogens with one attached hydrogen (secondary N) is 1. The minimum atomic E-state index is -0.242. The number of carbonyl (C=O) groups is 1. The van der Waals surface area contributed by atoms with Gasteiger partial charge in [-0.2, -0.15) is 5.10 Å². The van der Waals surface area contributed by atoms with Crippen LogP contribution in [0.4, 0.5) is 0 Å². The van der Waals surface area contributed by atoms with Gasteiger partial charge >= 0.3 is 0 Å². The molecular weight excluding hydrogens is 380 g/mol. The van der Waals surface area contributed by atoms with E-state index in [2.05, 4.69) is 33.0 Å². The van der Waals surface area contributed by atoms with E-state index in [4.69, 9.17) is 9.47 Å². The van der Waals surface area contributed by atoms with E-state index in [0.717, 1.165) is 10.0 Å². The van der Waals surface area contributed by atoms with Crippen molar-refractivity contribution in [1.82, 2.24) is 5.43 Å². The number of hydrogen-bond donors (Lipinski definition) is 1. The second-order valence-electron chi connectivity index (χ2n) is 4.31. The van der Waals surface area contributed by atoms with E-state index in [0.29, 0.717) is 23.0 Å². The first kappa shape index (κ1) is 17.2. The van der Waals surface area contributed by atoms with Crippen LogP contribution in [0.3, 0.4) is 0 Å². The zero-order valence-electron chi connectivity index (χ0n) is 12.4. The Morgan fingerprint density at radius 1 is 1.52 bits per heavy atom. The fourth-order valence-corrected chi connectivity index (χ4v) is 2.91. The normalized spacial score (nSPS) is 10.5. The first-order chi connectivity index (χ1) is 11.2. The SMILES string of the molecule is C=CCOc1c(Br)cc(/C=N\NC(=O)c2cccs2)cc1OC. The van der Waals surface area contributed by atoms with Crippen molar-refractivity contribution in [3.8, 4) is 11.5 Å². The van der Waals surface area contributed by atoms with E-state index < -0.39 is 0 Å². The third-order valence-corrected chi connectivity index (χ3v) is 4.18. The Bertz CT molecular complexity index is 714. The molecular formula is C16H15BrN2O3S. The summed E-state index contributed by atoms with van der Waals surface area (Å²) >= 11 is 4.79. The zero-order valence-corrected chi connectivity index (χ0v) is 14.8. The molecule has 0 atom stereocenters. The van der Waals surface area contributed by atoms with Crippen LogP contribution in [0.25, 0.3) is 0 Å². The lowest BCUT2D eigenvalue weighted by atomic mass is 10.2. The van der Waals surface area contributed by atoms with Crippen LogP contribution in [0.15, 0.2) is 51.9 Å². The molecule has 0 unspecified atom stereocenters. The fourth-order valence-electron chi connectivity index (χ4n) is 1.72. The highest BCUT2D eigenvalue weighted by Gasteiger charge is 2.11. The molecule has 2 rings (SSSR count). The Hall–Kier alpha value is -2.12. The molecule has 0 aliphatic heterocycles. The Morgan fingerprint density at radius 3 is 3.00 bits per heavy atom. The van der Waals surface area contributed by atoms with Crippen LogP contribution in [0, 0.1) is 0 Å². The molecule has 0 bridgehead atoms. The van der Waals surface area contributed by atoms with E-state index in [1.807, 2.05) is 17.5 Å². The van der Waals surface area contributed by atoms with Crippen LogP contribution in [-0.4, -0.2) is 25.8 Å². The van der Waals surface area contributed by atoms with Gasteiger partial charge in [-0.3, -0.25) is 4.79 Å². The summed E-state index contributed by atoms with van der Waals surface area (Å²) in [6.45, 7) is 3.99. The van der Waals surface area contributed by atoms with Crippen LogP contribution in [0.1, 0.15) is 15.2 Å². The highest BCUT2D eigenvalue weighted by atomic mass is 79.9. The van der Waals surface area contributed by atoms with Gasteiger partial charge in [-0.25, -0.2) is 5.43 Å². The number of methoxy groups -OCH3 is 1. The molecule has 2 aromatic rings. The summed E-state index contributed by atoms with van der Waals surface area (Å²) in [5, 5.41) is 5.79. The molecule has 0 fully saturated rings. The van der Waals surface area contributed by atoms with Gasteiger partial charge in [0.2, 0.25) is 0 Å². The van der Waals surface area contributed by atoms with Crippen molar-refractivity contribution in [3.05, 3.63) is 57.2 Å². The smallest absolute Gasteiger partial charge is 0.281 e. The van der Waals surface area contributed by atoms with Crippen molar-refractivity contribution >= 4 is 39.4 Å². The van der Waals surface area contributed by atoms with Crippen molar-refractivity contribution in [1.29, 1.82) is 0 Å². The Labute approximate surface area is 146 Å². The maximum atomic E-state index is 11.8. The number of thiophene rings is 1. The minimum absolute atomic E-state index is 0.242. The average Bonchev–Trinajstić information content (AvgIpc) is 3.08. The summed E-state index contributed by atoms with van der Waals surface area (Å²) in [5.74, 6) is 0.910. The maximum Gasteiger partial charge on any atom is 0.281 e. The Balaban J connectivity index is 2.10. The predicted octanol–water partition coefficient (Wildman–Crippen LogP) is 3.85. The summed E-state index contributed by atoms with van der Waals surface area (Å²) in [7, 11) is 1.56. The van der Waals surface area contributed by atoms with Crippen molar-refractivity contribution in [2.75, 3.05) is 13.7 Å². The molecule has 0 radical (unpaired) electrons. The van der Waals surface area contributed by atoms with Crippen molar-refractivity contribution in [3.63, 3.8) is 0 Å². The molecule has 5 nitrogen and oxygen atoms in total. The number of amides is 1. The van der Waals surface area contributed by atoms with E-state index in [1.54, 1.807) is 25.3 Å². The first-order valence-electron chi connectivity index (χ1n) is 6.64. The fraction of sp³-hybridized carbons (Fsp3) is 0.125. The van der Waals surface area contributed by atoms with Gasteiger partial charge in [0, 0.05) is 0 Å². The zero-order chi connectivity index (χ0) is 16.7. The van der Waals surface area contributed by atoms with Gasteiger partial charge in [-0.1, -0.05) is 18.7 Å². The highest BCUT2D eigenvalue weighted by Crippen LogP contribution is 2.36. The summed E-state index contributed by atoms with van der Waals surface area (Å²) in [6.07, 6.45) is 3.19. The molecule has 7 heteroatoms. The summed E-state index contributed by atoms with van der Waals surface area (Å²) < 4.78 is 11.6. The molecule has 0 saturated carbocycles. The molecule has 1 heterocycles. The Kier molecular flexibility index (Phi) is 6.37. The number of hydrazone groups is 1. The molecule has 1 aromatic heterocycles. The van der Waals surface area contributed by atoms with Gasteiger partial charge in [0.15, 0.2) is 11.5 Å². The number of ether oxygens (including phenoxy) is 2. The van der Waals surface area contributed by atoms with Crippen LogP contribution in [0.2, 0.25) is 0 Å². The third-order valence-electron chi connectivity index (χ3n) is 2.72. The number of rotatable bonds is 7. The van der Waals surface area contributed by atoms with Crippen molar-refractivity contribution in [2.45, 2.75) is 0 Å². The lowest BCUT2D eigenvalue weighted by molar-refractivity contribution is 0.0959. The van der Waals surface area contributed by atoms with Crippen molar-refractivity contribution in [2.24, 2.45) is 5.10 Å². The van der Waals surface area contributed by atoms with Gasteiger partial charge in [0.25, 0.3) is 5.91 Å². The Morgan fingerprint density at radius 2 is 2.35 bits per heavy atom. The molecule has 1 N–H and O–H groups in total. The van der Waals surface area contributed by atoms with Crippen molar-refractivity contribution < 1.29 is 14.3 Å². The van der Waals surface area contributed by atoms with Gasteiger partial charge in [-0.05, 0) is 45.1 Å².